The van der Waals surface area contributed by atoms with Gasteiger partial charge in [-0.25, -0.2) is 4.79 Å². The summed E-state index contributed by atoms with van der Waals surface area (Å²) in [5.74, 6) is -0.327. The van der Waals surface area contributed by atoms with E-state index in [1.54, 1.807) is 37.3 Å². The molecular formula is C24H27N3O4S. The van der Waals surface area contributed by atoms with E-state index in [0.717, 1.165) is 29.7 Å². The molecule has 1 amide bonds. The molecule has 1 aliphatic rings. The average molecular weight is 454 g/mol. The SMILES string of the molecule is CCOC(=O)C=c1sc(=Cc2ccc(C#N)cc2)c(=O)n1CC(=O)NCC1CCCCC1. The van der Waals surface area contributed by atoms with E-state index < -0.39 is 5.97 Å². The zero-order valence-electron chi connectivity index (χ0n) is 18.1. The topological polar surface area (TPSA) is 101 Å². The van der Waals surface area contributed by atoms with Crippen LogP contribution in [-0.2, 0) is 20.9 Å². The van der Waals surface area contributed by atoms with Gasteiger partial charge < -0.3 is 10.1 Å². The smallest absolute Gasteiger partial charge is 0.333 e. The van der Waals surface area contributed by atoms with Crippen LogP contribution in [0.5, 0.6) is 0 Å². The Hall–Kier alpha value is -3.18. The van der Waals surface area contributed by atoms with Gasteiger partial charge >= 0.3 is 5.97 Å². The van der Waals surface area contributed by atoms with Gasteiger partial charge in [0.2, 0.25) is 5.91 Å². The summed E-state index contributed by atoms with van der Waals surface area (Å²) in [6, 6.07) is 8.88. The molecule has 0 bridgehead atoms. The third kappa shape index (κ3) is 6.41. The lowest BCUT2D eigenvalue weighted by atomic mass is 9.89. The minimum atomic E-state index is -0.560. The van der Waals surface area contributed by atoms with Gasteiger partial charge in [-0.3, -0.25) is 14.2 Å². The Morgan fingerprint density at radius 2 is 1.97 bits per heavy atom. The zero-order chi connectivity index (χ0) is 22.9. The Kier molecular flexibility index (Phi) is 8.40. The van der Waals surface area contributed by atoms with Gasteiger partial charge in [0.1, 0.15) is 11.2 Å². The molecule has 168 valence electrons. The van der Waals surface area contributed by atoms with Crippen LogP contribution in [0.1, 0.15) is 50.2 Å². The summed E-state index contributed by atoms with van der Waals surface area (Å²) in [5, 5.41) is 11.9. The number of nitrogens with zero attached hydrogens (tertiary/aromatic N) is 2. The van der Waals surface area contributed by atoms with Crippen LogP contribution in [0.2, 0.25) is 0 Å². The second kappa shape index (κ2) is 11.4. The number of rotatable bonds is 7. The highest BCUT2D eigenvalue weighted by Gasteiger charge is 2.16. The van der Waals surface area contributed by atoms with Crippen LogP contribution in [-0.4, -0.2) is 29.6 Å². The van der Waals surface area contributed by atoms with Crippen molar-refractivity contribution in [2.45, 2.75) is 45.6 Å². The van der Waals surface area contributed by atoms with Crippen LogP contribution in [0.4, 0.5) is 0 Å². The van der Waals surface area contributed by atoms with E-state index in [-0.39, 0.29) is 24.6 Å². The lowest BCUT2D eigenvalue weighted by Gasteiger charge is -2.21. The third-order valence-corrected chi connectivity index (χ3v) is 6.48. The second-order valence-corrected chi connectivity index (χ2v) is 8.84. The van der Waals surface area contributed by atoms with Crippen LogP contribution in [0.3, 0.4) is 0 Å². The van der Waals surface area contributed by atoms with Crippen molar-refractivity contribution in [1.82, 2.24) is 9.88 Å². The number of nitrogens with one attached hydrogen (secondary N) is 1. The summed E-state index contributed by atoms with van der Waals surface area (Å²) in [6.45, 7) is 2.38. The molecule has 0 saturated heterocycles. The molecule has 2 aromatic rings. The molecule has 8 heteroatoms. The van der Waals surface area contributed by atoms with Crippen LogP contribution in [0.15, 0.2) is 29.1 Å². The zero-order valence-corrected chi connectivity index (χ0v) is 19.0. The van der Waals surface area contributed by atoms with E-state index in [2.05, 4.69) is 11.4 Å². The van der Waals surface area contributed by atoms with Gasteiger partial charge in [-0.2, -0.15) is 5.26 Å². The first-order valence-electron chi connectivity index (χ1n) is 10.9. The second-order valence-electron chi connectivity index (χ2n) is 7.78. The van der Waals surface area contributed by atoms with E-state index in [0.29, 0.717) is 27.2 Å². The minimum absolute atomic E-state index is 0.158. The number of carbonyl (C=O) groups is 2. The van der Waals surface area contributed by atoms with Gasteiger partial charge in [0.15, 0.2) is 0 Å². The molecular weight excluding hydrogens is 426 g/mol. The number of ether oxygens (including phenoxy) is 1. The number of benzene rings is 1. The number of aromatic nitrogens is 1. The predicted molar refractivity (Wildman–Crippen MR) is 123 cm³/mol. The van der Waals surface area contributed by atoms with E-state index in [4.69, 9.17) is 10.00 Å². The van der Waals surface area contributed by atoms with Crippen molar-refractivity contribution < 1.29 is 14.3 Å². The quantitative estimate of drug-likeness (QED) is 0.643. The summed E-state index contributed by atoms with van der Waals surface area (Å²) in [6.07, 6.45) is 8.80. The third-order valence-electron chi connectivity index (χ3n) is 5.42. The number of amides is 1. The fourth-order valence-corrected chi connectivity index (χ4v) is 4.76. The highest BCUT2D eigenvalue weighted by Crippen LogP contribution is 2.22. The first kappa shape index (κ1) is 23.5. The van der Waals surface area contributed by atoms with Gasteiger partial charge in [0.25, 0.3) is 5.56 Å². The van der Waals surface area contributed by atoms with Crippen LogP contribution >= 0.6 is 11.3 Å². The normalized spacial score (nSPS) is 15.4. The molecule has 1 fully saturated rings. The van der Waals surface area contributed by atoms with Crippen molar-refractivity contribution in [2.24, 2.45) is 5.92 Å². The number of hydrogen-bond acceptors (Lipinski definition) is 6. The number of carbonyl (C=O) groups excluding carboxylic acids is 2. The van der Waals surface area contributed by atoms with Crippen LogP contribution in [0, 0.1) is 17.2 Å². The molecule has 3 rings (SSSR count). The molecule has 1 aromatic carbocycles. The van der Waals surface area contributed by atoms with Gasteiger partial charge in [-0.1, -0.05) is 31.4 Å². The number of hydrogen-bond donors (Lipinski definition) is 1. The lowest BCUT2D eigenvalue weighted by Crippen LogP contribution is -2.39. The molecule has 0 radical (unpaired) electrons. The molecule has 1 aromatic heterocycles. The van der Waals surface area contributed by atoms with Gasteiger partial charge in [-0.05, 0) is 49.5 Å². The van der Waals surface area contributed by atoms with Crippen LogP contribution in [0.25, 0.3) is 12.2 Å². The summed E-state index contributed by atoms with van der Waals surface area (Å²) < 4.78 is 7.05. The van der Waals surface area contributed by atoms with Gasteiger partial charge in [-0.15, -0.1) is 11.3 Å². The van der Waals surface area contributed by atoms with E-state index >= 15 is 0 Å². The van der Waals surface area contributed by atoms with E-state index in [1.807, 2.05) is 0 Å². The first-order valence-corrected chi connectivity index (χ1v) is 11.7. The van der Waals surface area contributed by atoms with Crippen LogP contribution < -0.4 is 20.1 Å². The van der Waals surface area contributed by atoms with Crippen molar-refractivity contribution in [2.75, 3.05) is 13.2 Å². The average Bonchev–Trinajstić information content (AvgIpc) is 3.07. The Morgan fingerprint density at radius 1 is 1.25 bits per heavy atom. The maximum absolute atomic E-state index is 13.0. The molecule has 7 nitrogen and oxygen atoms in total. The number of esters is 1. The van der Waals surface area contributed by atoms with E-state index in [1.165, 1.54) is 29.9 Å². The van der Waals surface area contributed by atoms with Crippen molar-refractivity contribution in [3.63, 3.8) is 0 Å². The molecule has 1 aliphatic carbocycles. The highest BCUT2D eigenvalue weighted by molar-refractivity contribution is 7.07. The summed E-state index contributed by atoms with van der Waals surface area (Å²) in [7, 11) is 0. The molecule has 1 saturated carbocycles. The summed E-state index contributed by atoms with van der Waals surface area (Å²) in [4.78, 5) is 37.6. The van der Waals surface area contributed by atoms with Crippen molar-refractivity contribution in [1.29, 1.82) is 5.26 Å². The van der Waals surface area contributed by atoms with Crippen molar-refractivity contribution in [3.05, 3.63) is 54.9 Å². The largest absolute Gasteiger partial charge is 0.463 e. The summed E-state index contributed by atoms with van der Waals surface area (Å²) >= 11 is 1.13. The van der Waals surface area contributed by atoms with Crippen molar-refractivity contribution >= 4 is 35.4 Å². The molecule has 0 atom stereocenters. The molecule has 0 aliphatic heterocycles. The van der Waals surface area contributed by atoms with E-state index in [9.17, 15) is 14.4 Å². The Labute approximate surface area is 190 Å². The standard InChI is InChI=1S/C24H27N3O4S/c1-2-31-23(29)13-22-27(16-21(28)26-15-19-6-4-3-5-7-19)24(30)20(32-22)12-17-8-10-18(14-25)11-9-17/h8-13,19H,2-7,15-16H2,1H3,(H,26,28). The van der Waals surface area contributed by atoms with Gasteiger partial charge in [0, 0.05) is 6.54 Å². The number of nitriles is 1. The molecule has 32 heavy (non-hydrogen) atoms. The lowest BCUT2D eigenvalue weighted by molar-refractivity contribution is -0.135. The number of thiazole rings is 1. The minimum Gasteiger partial charge on any atom is -0.463 e. The van der Waals surface area contributed by atoms with Crippen molar-refractivity contribution in [3.8, 4) is 6.07 Å². The maximum atomic E-state index is 13.0. The fourth-order valence-electron chi connectivity index (χ4n) is 3.73. The Morgan fingerprint density at radius 3 is 2.62 bits per heavy atom. The highest BCUT2D eigenvalue weighted by atomic mass is 32.1. The molecule has 1 heterocycles. The molecule has 0 unspecified atom stereocenters. The monoisotopic (exact) mass is 453 g/mol. The first-order chi connectivity index (χ1) is 15.5. The Balaban J connectivity index is 1.87. The Bertz CT molecular complexity index is 1170. The predicted octanol–water partition coefficient (Wildman–Crippen LogP) is 1.65. The fraction of sp³-hybridized carbons (Fsp3) is 0.417. The molecule has 1 N–H and O–H groups in total. The molecule has 0 spiro atoms. The van der Waals surface area contributed by atoms with Gasteiger partial charge in [0.05, 0.1) is 28.8 Å². The maximum Gasteiger partial charge on any atom is 0.333 e. The summed E-state index contributed by atoms with van der Waals surface area (Å²) in [5.41, 5.74) is 0.929.